The summed E-state index contributed by atoms with van der Waals surface area (Å²) >= 11 is 5.48. The molecule has 4 nitrogen and oxygen atoms in total. The zero-order chi connectivity index (χ0) is 8.43. The van der Waals surface area contributed by atoms with Crippen molar-refractivity contribution < 1.29 is 9.90 Å². The molecule has 0 aliphatic rings. The fourth-order valence-electron chi connectivity index (χ4n) is 0.626. The summed E-state index contributed by atoms with van der Waals surface area (Å²) in [5.74, 6) is -1.44. The highest BCUT2D eigenvalue weighted by Gasteiger charge is 2.07. The van der Waals surface area contributed by atoms with Crippen LogP contribution in [0.5, 0.6) is 0 Å². The smallest absolute Gasteiger partial charge is 0.373 e. The molecule has 11 heavy (non-hydrogen) atoms. The van der Waals surface area contributed by atoms with Crippen molar-refractivity contribution in [2.45, 2.75) is 6.92 Å². The largest absolute Gasteiger partial charge is 0.475 e. The summed E-state index contributed by atoms with van der Waals surface area (Å²) in [6.45, 7) is 1.65. The molecule has 0 aromatic carbocycles. The molecule has 1 N–H and O–H groups in total. The average Bonchev–Trinajstić information content (AvgIpc) is 1.85. The number of hydrogen-bond donors (Lipinski definition) is 1. The number of carboxylic acid groups (broad SMARTS) is 1. The Kier molecular flexibility index (Phi) is 2.05. The molecule has 0 saturated heterocycles. The summed E-state index contributed by atoms with van der Waals surface area (Å²) in [6, 6.07) is 1.49. The minimum absolute atomic E-state index is 0.148. The van der Waals surface area contributed by atoms with E-state index in [4.69, 9.17) is 16.7 Å². The first-order chi connectivity index (χ1) is 5.09. The Morgan fingerprint density at radius 1 is 1.64 bits per heavy atom. The van der Waals surface area contributed by atoms with E-state index in [9.17, 15) is 4.79 Å². The van der Waals surface area contributed by atoms with Gasteiger partial charge in [0.2, 0.25) is 5.82 Å². The van der Waals surface area contributed by atoms with E-state index in [-0.39, 0.29) is 11.0 Å². The standard InChI is InChI=1S/C6H5ClN2O2/c1-3-2-4(7)9-5(8-3)6(10)11/h2H,1H3,(H,10,11). The highest BCUT2D eigenvalue weighted by Crippen LogP contribution is 2.05. The molecule has 0 atom stereocenters. The van der Waals surface area contributed by atoms with Crippen LogP contribution in [-0.2, 0) is 0 Å². The van der Waals surface area contributed by atoms with E-state index in [2.05, 4.69) is 9.97 Å². The maximum absolute atomic E-state index is 10.3. The summed E-state index contributed by atoms with van der Waals surface area (Å²) < 4.78 is 0. The lowest BCUT2D eigenvalue weighted by atomic mass is 10.4. The third-order valence-corrected chi connectivity index (χ3v) is 1.21. The molecule has 1 aromatic heterocycles. The first-order valence-electron chi connectivity index (χ1n) is 2.84. The SMILES string of the molecule is Cc1cc(Cl)nc(C(=O)O)n1. The third-order valence-electron chi connectivity index (χ3n) is 1.01. The first kappa shape index (κ1) is 7.94. The fraction of sp³-hybridized carbons (Fsp3) is 0.167. The van der Waals surface area contributed by atoms with Crippen LogP contribution >= 0.6 is 11.6 Å². The van der Waals surface area contributed by atoms with Crippen LogP contribution < -0.4 is 0 Å². The first-order valence-corrected chi connectivity index (χ1v) is 3.22. The molecule has 0 spiro atoms. The summed E-state index contributed by atoms with van der Waals surface area (Å²) in [6.07, 6.45) is 0. The molecule has 0 aliphatic heterocycles. The average molecular weight is 173 g/mol. The van der Waals surface area contributed by atoms with E-state index in [0.29, 0.717) is 5.69 Å². The summed E-state index contributed by atoms with van der Waals surface area (Å²) in [7, 11) is 0. The second kappa shape index (κ2) is 2.84. The van der Waals surface area contributed by atoms with Crippen molar-refractivity contribution >= 4 is 17.6 Å². The van der Waals surface area contributed by atoms with Crippen LogP contribution in [0.2, 0.25) is 5.15 Å². The van der Waals surface area contributed by atoms with Gasteiger partial charge >= 0.3 is 5.97 Å². The number of carboxylic acids is 1. The van der Waals surface area contributed by atoms with E-state index in [1.807, 2.05) is 0 Å². The lowest BCUT2D eigenvalue weighted by Crippen LogP contribution is -2.04. The van der Waals surface area contributed by atoms with Crippen molar-refractivity contribution in [3.05, 3.63) is 22.7 Å². The Balaban J connectivity index is 3.19. The van der Waals surface area contributed by atoms with Crippen LogP contribution in [0.1, 0.15) is 16.3 Å². The molecule has 0 fully saturated rings. The van der Waals surface area contributed by atoms with Crippen LogP contribution in [0, 0.1) is 6.92 Å². The predicted molar refractivity (Wildman–Crippen MR) is 38.7 cm³/mol. The number of aryl methyl sites for hydroxylation is 1. The Labute approximate surface area is 67.9 Å². The highest BCUT2D eigenvalue weighted by molar-refractivity contribution is 6.29. The number of aromatic carboxylic acids is 1. The van der Waals surface area contributed by atoms with E-state index >= 15 is 0 Å². The monoisotopic (exact) mass is 172 g/mol. The molecule has 0 bridgehead atoms. The summed E-state index contributed by atoms with van der Waals surface area (Å²) in [5, 5.41) is 8.60. The van der Waals surface area contributed by atoms with Gasteiger partial charge in [0.15, 0.2) is 0 Å². The van der Waals surface area contributed by atoms with Crippen LogP contribution in [0.4, 0.5) is 0 Å². The molecule has 0 aliphatic carbocycles. The van der Waals surface area contributed by atoms with Gasteiger partial charge in [0.25, 0.3) is 0 Å². The van der Waals surface area contributed by atoms with Crippen molar-refractivity contribution in [3.63, 3.8) is 0 Å². The van der Waals surface area contributed by atoms with E-state index < -0.39 is 5.97 Å². The van der Waals surface area contributed by atoms with Crippen molar-refractivity contribution in [3.8, 4) is 0 Å². The van der Waals surface area contributed by atoms with Gasteiger partial charge in [0.1, 0.15) is 5.15 Å². The third kappa shape index (κ3) is 1.88. The zero-order valence-electron chi connectivity index (χ0n) is 5.71. The number of halogens is 1. The number of hydrogen-bond acceptors (Lipinski definition) is 3. The Bertz CT molecular complexity index is 280. The second-order valence-corrected chi connectivity index (χ2v) is 2.35. The molecule has 1 rings (SSSR count). The molecule has 58 valence electrons. The van der Waals surface area contributed by atoms with Gasteiger partial charge < -0.3 is 5.11 Å². The number of nitrogens with zero attached hydrogens (tertiary/aromatic N) is 2. The molecule has 0 amide bonds. The zero-order valence-corrected chi connectivity index (χ0v) is 6.46. The van der Waals surface area contributed by atoms with Crippen LogP contribution in [0.25, 0.3) is 0 Å². The van der Waals surface area contributed by atoms with E-state index in [1.165, 1.54) is 6.07 Å². The molecular formula is C6H5ClN2O2. The number of carbonyl (C=O) groups is 1. The van der Waals surface area contributed by atoms with Gasteiger partial charge in [-0.2, -0.15) is 0 Å². The Morgan fingerprint density at radius 2 is 2.27 bits per heavy atom. The van der Waals surface area contributed by atoms with E-state index in [1.54, 1.807) is 6.92 Å². The Hall–Kier alpha value is -1.16. The maximum atomic E-state index is 10.3. The minimum atomic E-state index is -1.17. The second-order valence-electron chi connectivity index (χ2n) is 1.96. The number of rotatable bonds is 1. The highest BCUT2D eigenvalue weighted by atomic mass is 35.5. The Morgan fingerprint density at radius 3 is 2.73 bits per heavy atom. The van der Waals surface area contributed by atoms with Crippen molar-refractivity contribution in [2.75, 3.05) is 0 Å². The van der Waals surface area contributed by atoms with Crippen LogP contribution in [-0.4, -0.2) is 21.0 Å². The lowest BCUT2D eigenvalue weighted by molar-refractivity contribution is 0.0683. The van der Waals surface area contributed by atoms with E-state index in [0.717, 1.165) is 0 Å². The maximum Gasteiger partial charge on any atom is 0.373 e. The van der Waals surface area contributed by atoms with Crippen molar-refractivity contribution in [2.24, 2.45) is 0 Å². The lowest BCUT2D eigenvalue weighted by Gasteiger charge is -1.95. The van der Waals surface area contributed by atoms with Gasteiger partial charge in [-0.25, -0.2) is 14.8 Å². The summed E-state index contributed by atoms with van der Waals surface area (Å²) in [5.41, 5.74) is 0.544. The summed E-state index contributed by atoms with van der Waals surface area (Å²) in [4.78, 5) is 17.4. The quantitative estimate of drug-likeness (QED) is 0.646. The van der Waals surface area contributed by atoms with Crippen LogP contribution in [0.3, 0.4) is 0 Å². The fourth-order valence-corrected chi connectivity index (χ4v) is 0.864. The molecule has 1 aromatic rings. The molecule has 0 unspecified atom stereocenters. The number of aromatic nitrogens is 2. The molecule has 0 radical (unpaired) electrons. The van der Waals surface area contributed by atoms with Gasteiger partial charge in [-0.05, 0) is 13.0 Å². The molecular weight excluding hydrogens is 168 g/mol. The predicted octanol–water partition coefficient (Wildman–Crippen LogP) is 1.14. The molecule has 0 saturated carbocycles. The normalized spacial score (nSPS) is 9.64. The van der Waals surface area contributed by atoms with Gasteiger partial charge in [-0.1, -0.05) is 11.6 Å². The van der Waals surface area contributed by atoms with Crippen LogP contribution in [0.15, 0.2) is 6.07 Å². The van der Waals surface area contributed by atoms with Crippen molar-refractivity contribution in [1.82, 2.24) is 9.97 Å². The minimum Gasteiger partial charge on any atom is -0.475 e. The topological polar surface area (TPSA) is 63.1 Å². The van der Waals surface area contributed by atoms with Gasteiger partial charge in [-0.3, -0.25) is 0 Å². The van der Waals surface area contributed by atoms with Gasteiger partial charge in [0, 0.05) is 5.69 Å². The van der Waals surface area contributed by atoms with Gasteiger partial charge in [0.05, 0.1) is 0 Å². The molecule has 1 heterocycles. The molecule has 5 heteroatoms. The van der Waals surface area contributed by atoms with Crippen molar-refractivity contribution in [1.29, 1.82) is 0 Å². The van der Waals surface area contributed by atoms with Gasteiger partial charge in [-0.15, -0.1) is 0 Å².